The number of carbonyl (C=O) groups is 4. The molecule has 0 saturated carbocycles. The van der Waals surface area contributed by atoms with E-state index in [1.165, 1.54) is 257 Å². The lowest BCUT2D eigenvalue weighted by Gasteiger charge is -2.21. The van der Waals surface area contributed by atoms with Crippen LogP contribution in [0.2, 0.25) is 0 Å². The molecule has 2 unspecified atom stereocenters. The predicted molar refractivity (Wildman–Crippen MR) is 409 cm³/mol. The third-order valence-corrected chi connectivity index (χ3v) is 20.9. The summed E-state index contributed by atoms with van der Waals surface area (Å²) in [6.07, 6.45) is 65.3. The van der Waals surface area contributed by atoms with Crippen molar-refractivity contribution in [2.45, 2.75) is 451 Å². The monoisotopic (exact) mass is 1470 g/mol. The summed E-state index contributed by atoms with van der Waals surface area (Å²) in [5.74, 6) is -1.37. The number of phosphoric acid groups is 2. The van der Waals surface area contributed by atoms with Gasteiger partial charge in [0, 0.05) is 25.7 Å². The maximum atomic E-state index is 13.1. The molecule has 0 rings (SSSR count). The molecule has 19 heteroatoms. The van der Waals surface area contributed by atoms with Crippen LogP contribution in [-0.2, 0) is 65.4 Å². The average Bonchev–Trinajstić information content (AvgIpc) is 2.04. The van der Waals surface area contributed by atoms with Gasteiger partial charge in [-0.3, -0.25) is 37.3 Å². The molecule has 0 aliphatic rings. The first-order valence-corrected chi connectivity index (χ1v) is 45.1. The number of carbonyl (C=O) groups excluding carboxylic acids is 4. The van der Waals surface area contributed by atoms with Gasteiger partial charge >= 0.3 is 39.5 Å². The van der Waals surface area contributed by atoms with E-state index in [1.807, 2.05) is 0 Å². The van der Waals surface area contributed by atoms with Crippen molar-refractivity contribution in [2.24, 2.45) is 5.92 Å². The Labute approximate surface area is 613 Å². The smallest absolute Gasteiger partial charge is 0.462 e. The fourth-order valence-electron chi connectivity index (χ4n) is 12.6. The minimum Gasteiger partial charge on any atom is -0.462 e. The number of esters is 4. The Morgan fingerprint density at radius 3 is 0.680 bits per heavy atom. The normalized spacial score (nSPS) is 13.8. The Morgan fingerprint density at radius 1 is 0.270 bits per heavy atom. The lowest BCUT2D eigenvalue weighted by atomic mass is 10.0. The first kappa shape index (κ1) is 98.1. The van der Waals surface area contributed by atoms with E-state index in [2.05, 4.69) is 34.6 Å². The van der Waals surface area contributed by atoms with Crippen molar-refractivity contribution in [3.8, 4) is 0 Å². The SMILES string of the molecule is CCCCCCCCCCCCCCCCCCCCCC(=O)OC[C@H](COP(=O)(O)OC[C@@H](O)COP(=O)(O)OC[C@@H](COC(=O)CCCCCCCCCCCC)OC(=O)CCCCCCCCCCCC(C)C)OC(=O)CCCCCCCCCCCCCCCCCCCCC. The molecule has 0 radical (unpaired) electrons. The predicted octanol–water partition coefficient (Wildman–Crippen LogP) is 24.4. The van der Waals surface area contributed by atoms with Crippen molar-refractivity contribution in [2.75, 3.05) is 39.6 Å². The zero-order chi connectivity index (χ0) is 73.4. The third kappa shape index (κ3) is 74.3. The van der Waals surface area contributed by atoms with Crippen molar-refractivity contribution < 1.29 is 80.2 Å². The maximum absolute atomic E-state index is 13.1. The highest BCUT2D eigenvalue weighted by molar-refractivity contribution is 7.47. The van der Waals surface area contributed by atoms with E-state index in [1.54, 1.807) is 0 Å². The van der Waals surface area contributed by atoms with Crippen LogP contribution in [0.3, 0.4) is 0 Å². The molecule has 0 aromatic heterocycles. The third-order valence-electron chi connectivity index (χ3n) is 19.0. The van der Waals surface area contributed by atoms with Gasteiger partial charge in [0.2, 0.25) is 0 Å². The standard InChI is InChI=1S/C81H158O17P2/c1-6-9-12-15-18-21-24-26-28-30-32-34-36-38-40-45-50-55-60-65-79(84)92-71-76(97-80(85)66-61-56-51-46-41-39-37-35-33-31-29-27-25-22-19-16-13-10-7-2)72-95-99(87,88)93-68-75(82)69-94-100(89,90)96-73-77(70-91-78(83)64-59-54-49-44-23-20-17-14-11-8-3)98-81(86)67-62-57-52-47-42-43-48-53-58-63-74(4)5/h74-77,82H,6-73H2,1-5H3,(H,87,88)(H,89,90)/t75-,76-,77-/m1/s1. The summed E-state index contributed by atoms with van der Waals surface area (Å²) >= 11 is 0. The molecule has 0 aromatic rings. The number of aliphatic hydroxyl groups excluding tert-OH is 1. The van der Waals surface area contributed by atoms with Crippen molar-refractivity contribution >= 4 is 39.5 Å². The first-order valence-electron chi connectivity index (χ1n) is 42.1. The summed E-state index contributed by atoms with van der Waals surface area (Å²) in [6.45, 7) is 7.29. The number of hydrogen-bond acceptors (Lipinski definition) is 15. The molecule has 0 aliphatic carbocycles. The minimum absolute atomic E-state index is 0.106. The van der Waals surface area contributed by atoms with Crippen LogP contribution in [-0.4, -0.2) is 96.7 Å². The van der Waals surface area contributed by atoms with Crippen LogP contribution >= 0.6 is 15.6 Å². The van der Waals surface area contributed by atoms with Gasteiger partial charge in [0.05, 0.1) is 26.4 Å². The van der Waals surface area contributed by atoms with E-state index in [-0.39, 0.29) is 25.7 Å². The summed E-state index contributed by atoms with van der Waals surface area (Å²) in [4.78, 5) is 73.0. The molecule has 0 saturated heterocycles. The van der Waals surface area contributed by atoms with E-state index in [0.29, 0.717) is 25.7 Å². The first-order chi connectivity index (χ1) is 48.5. The molecular weight excluding hydrogens is 1310 g/mol. The lowest BCUT2D eigenvalue weighted by Crippen LogP contribution is -2.30. The van der Waals surface area contributed by atoms with E-state index in [9.17, 15) is 43.2 Å². The van der Waals surface area contributed by atoms with Crippen LogP contribution in [0, 0.1) is 5.92 Å². The van der Waals surface area contributed by atoms with Crippen LogP contribution in [0.15, 0.2) is 0 Å². The molecule has 100 heavy (non-hydrogen) atoms. The highest BCUT2D eigenvalue weighted by atomic mass is 31.2. The largest absolute Gasteiger partial charge is 0.472 e. The molecule has 0 spiro atoms. The average molecular weight is 1470 g/mol. The van der Waals surface area contributed by atoms with Gasteiger partial charge in [0.15, 0.2) is 12.2 Å². The Kier molecular flexibility index (Phi) is 72.5. The number of rotatable bonds is 81. The maximum Gasteiger partial charge on any atom is 0.472 e. The van der Waals surface area contributed by atoms with Crippen LogP contribution in [0.5, 0.6) is 0 Å². The fourth-order valence-corrected chi connectivity index (χ4v) is 14.2. The Bertz CT molecular complexity index is 1910. The van der Waals surface area contributed by atoms with Gasteiger partial charge in [-0.25, -0.2) is 9.13 Å². The second-order valence-electron chi connectivity index (χ2n) is 29.6. The summed E-state index contributed by atoms with van der Waals surface area (Å²) in [5.41, 5.74) is 0. The number of phosphoric ester groups is 2. The van der Waals surface area contributed by atoms with Gasteiger partial charge in [0.1, 0.15) is 19.3 Å². The quantitative estimate of drug-likeness (QED) is 0.0222. The Hall–Kier alpha value is -1.94. The molecule has 0 aromatic carbocycles. The molecule has 17 nitrogen and oxygen atoms in total. The zero-order valence-electron chi connectivity index (χ0n) is 65.3. The summed E-state index contributed by atoms with van der Waals surface area (Å²) in [7, 11) is -9.92. The number of hydrogen-bond donors (Lipinski definition) is 3. The molecular formula is C81H158O17P2. The number of aliphatic hydroxyl groups is 1. The molecule has 0 aliphatic heterocycles. The number of ether oxygens (including phenoxy) is 4. The summed E-state index contributed by atoms with van der Waals surface area (Å²) in [5, 5.41) is 10.6. The van der Waals surface area contributed by atoms with E-state index in [0.717, 1.165) is 95.8 Å². The lowest BCUT2D eigenvalue weighted by molar-refractivity contribution is -0.161. The molecule has 594 valence electrons. The van der Waals surface area contributed by atoms with Gasteiger partial charge in [-0.1, -0.05) is 381 Å². The van der Waals surface area contributed by atoms with E-state index >= 15 is 0 Å². The fraction of sp³-hybridized carbons (Fsp3) is 0.951. The van der Waals surface area contributed by atoms with Crippen molar-refractivity contribution in [3.05, 3.63) is 0 Å². The minimum atomic E-state index is -4.96. The number of unbranched alkanes of at least 4 members (excludes halogenated alkanes) is 53. The molecule has 0 bridgehead atoms. The van der Waals surface area contributed by atoms with Crippen molar-refractivity contribution in [3.63, 3.8) is 0 Å². The molecule has 5 atom stereocenters. The second-order valence-corrected chi connectivity index (χ2v) is 32.5. The van der Waals surface area contributed by atoms with Gasteiger partial charge in [-0.05, 0) is 31.6 Å². The van der Waals surface area contributed by atoms with Crippen LogP contribution < -0.4 is 0 Å². The van der Waals surface area contributed by atoms with Gasteiger partial charge in [0.25, 0.3) is 0 Å². The highest BCUT2D eigenvalue weighted by Gasteiger charge is 2.30. The molecule has 0 amide bonds. The van der Waals surface area contributed by atoms with E-state index < -0.39 is 97.5 Å². The van der Waals surface area contributed by atoms with Gasteiger partial charge in [-0.15, -0.1) is 0 Å². The summed E-state index contributed by atoms with van der Waals surface area (Å²) in [6, 6.07) is 0. The van der Waals surface area contributed by atoms with Crippen LogP contribution in [0.4, 0.5) is 0 Å². The second kappa shape index (κ2) is 73.9. The van der Waals surface area contributed by atoms with Crippen molar-refractivity contribution in [1.29, 1.82) is 0 Å². The Balaban J connectivity index is 5.21. The molecule has 0 heterocycles. The van der Waals surface area contributed by atoms with Crippen LogP contribution in [0.1, 0.15) is 433 Å². The summed E-state index contributed by atoms with van der Waals surface area (Å²) < 4.78 is 68.7. The molecule has 3 N–H and O–H groups in total. The zero-order valence-corrected chi connectivity index (χ0v) is 67.1. The van der Waals surface area contributed by atoms with Gasteiger partial charge in [-0.2, -0.15) is 0 Å². The molecule has 0 fully saturated rings. The topological polar surface area (TPSA) is 237 Å². The highest BCUT2D eigenvalue weighted by Crippen LogP contribution is 2.45. The van der Waals surface area contributed by atoms with E-state index in [4.69, 9.17) is 37.0 Å². The van der Waals surface area contributed by atoms with Crippen molar-refractivity contribution in [1.82, 2.24) is 0 Å². The van der Waals surface area contributed by atoms with Crippen LogP contribution in [0.25, 0.3) is 0 Å². The van der Waals surface area contributed by atoms with Gasteiger partial charge < -0.3 is 33.8 Å². The Morgan fingerprint density at radius 2 is 0.460 bits per heavy atom.